The Balaban J connectivity index is 0.000000451. The van der Waals surface area contributed by atoms with E-state index in [-0.39, 0.29) is 17.3 Å². The predicted octanol–water partition coefficient (Wildman–Crippen LogP) is -0.925. The van der Waals surface area contributed by atoms with E-state index < -0.39 is 29.4 Å². The lowest BCUT2D eigenvalue weighted by Gasteiger charge is -2.40. The first-order valence-electron chi connectivity index (χ1n) is 8.11. The fourth-order valence-corrected chi connectivity index (χ4v) is 2.72. The second-order valence-corrected chi connectivity index (χ2v) is 6.26. The summed E-state index contributed by atoms with van der Waals surface area (Å²) >= 11 is 0. The number of carbonyl (C=O) groups is 3. The van der Waals surface area contributed by atoms with Crippen molar-refractivity contribution in [2.45, 2.75) is 18.5 Å². The molecule has 11 heteroatoms. The Bertz CT molecular complexity index is 751. The standard InChI is InChI=1S/C13H18N4O5.C3H4N2/c1-6-8(10(18)19)2-3-9(13(6,15)11(20)21)16-12(22)17-4-7(14)5-17;1-2-4-5-3-1/h2-3,6-7H,4-5,14-15H2,1H3,(H,16,22)(H,18,19)(H,20,21);1-3H,(H,4,5). The molecule has 1 aromatic heterocycles. The van der Waals surface area contributed by atoms with E-state index in [0.717, 1.165) is 0 Å². The molecule has 1 fully saturated rings. The molecule has 0 spiro atoms. The minimum Gasteiger partial charge on any atom is -0.480 e. The van der Waals surface area contributed by atoms with E-state index in [1.807, 2.05) is 6.07 Å². The van der Waals surface area contributed by atoms with Crippen LogP contribution in [0.15, 0.2) is 41.9 Å². The van der Waals surface area contributed by atoms with Gasteiger partial charge in [-0.3, -0.25) is 5.10 Å². The summed E-state index contributed by atoms with van der Waals surface area (Å²) < 4.78 is 0. The van der Waals surface area contributed by atoms with E-state index in [1.54, 1.807) is 12.4 Å². The second kappa shape index (κ2) is 8.01. The zero-order chi connectivity index (χ0) is 20.2. The lowest BCUT2D eigenvalue weighted by atomic mass is 9.75. The molecule has 0 saturated carbocycles. The first-order valence-corrected chi connectivity index (χ1v) is 8.11. The Morgan fingerprint density at radius 2 is 2.00 bits per heavy atom. The smallest absolute Gasteiger partial charge is 0.331 e. The number of hydrogen-bond donors (Lipinski definition) is 6. The summed E-state index contributed by atoms with van der Waals surface area (Å²) in [6.45, 7) is 2.14. The highest BCUT2D eigenvalue weighted by molar-refractivity contribution is 5.94. The molecule has 146 valence electrons. The van der Waals surface area contributed by atoms with Crippen molar-refractivity contribution in [1.82, 2.24) is 20.4 Å². The molecule has 1 aliphatic heterocycles. The van der Waals surface area contributed by atoms with Crippen molar-refractivity contribution in [1.29, 1.82) is 0 Å². The Kier molecular flexibility index (Phi) is 5.98. The first kappa shape index (κ1) is 20.1. The minimum atomic E-state index is -2.02. The van der Waals surface area contributed by atoms with Gasteiger partial charge in [0, 0.05) is 43.0 Å². The van der Waals surface area contributed by atoms with Crippen molar-refractivity contribution < 1.29 is 24.6 Å². The number of nitrogens with two attached hydrogens (primary N) is 2. The molecule has 2 unspecified atom stereocenters. The lowest BCUT2D eigenvalue weighted by Crippen LogP contribution is -2.64. The molecule has 3 rings (SSSR count). The highest BCUT2D eigenvalue weighted by Gasteiger charge is 2.49. The number of allylic oxidation sites excluding steroid dienone is 2. The number of carboxylic acids is 2. The molecular formula is C16H22N6O5. The van der Waals surface area contributed by atoms with Crippen LogP contribution in [0.3, 0.4) is 0 Å². The number of aliphatic carboxylic acids is 2. The highest BCUT2D eigenvalue weighted by Crippen LogP contribution is 2.32. The van der Waals surface area contributed by atoms with Crippen LogP contribution < -0.4 is 16.8 Å². The zero-order valence-corrected chi connectivity index (χ0v) is 14.6. The van der Waals surface area contributed by atoms with E-state index in [1.165, 1.54) is 24.0 Å². The quantitative estimate of drug-likeness (QED) is 0.389. The molecule has 11 nitrogen and oxygen atoms in total. The number of amides is 2. The number of H-pyrrole nitrogens is 1. The fraction of sp³-hybridized carbons (Fsp3) is 0.375. The van der Waals surface area contributed by atoms with Gasteiger partial charge in [0.1, 0.15) is 0 Å². The highest BCUT2D eigenvalue weighted by atomic mass is 16.4. The predicted molar refractivity (Wildman–Crippen MR) is 94.2 cm³/mol. The number of aromatic nitrogens is 2. The SMILES string of the molecule is CC1C(C(=O)O)=CC=C(NC(=O)N2CC(N)C2)C1(N)C(=O)O.c1cn[nH]c1. The van der Waals surface area contributed by atoms with Crippen LogP contribution in [0.1, 0.15) is 6.92 Å². The number of aromatic amines is 1. The summed E-state index contributed by atoms with van der Waals surface area (Å²) in [7, 11) is 0. The van der Waals surface area contributed by atoms with Crippen molar-refractivity contribution in [3.63, 3.8) is 0 Å². The Hall–Kier alpha value is -3.18. The van der Waals surface area contributed by atoms with Gasteiger partial charge in [0.25, 0.3) is 0 Å². The summed E-state index contributed by atoms with van der Waals surface area (Å²) in [5.74, 6) is -3.68. The van der Waals surface area contributed by atoms with Gasteiger partial charge < -0.3 is 31.9 Å². The number of nitrogens with zero attached hydrogens (tertiary/aromatic N) is 2. The molecule has 2 atom stereocenters. The third-order valence-electron chi connectivity index (χ3n) is 4.47. The zero-order valence-electron chi connectivity index (χ0n) is 14.6. The maximum absolute atomic E-state index is 12.0. The van der Waals surface area contributed by atoms with Crippen LogP contribution in [0.25, 0.3) is 0 Å². The van der Waals surface area contributed by atoms with Gasteiger partial charge in [0.05, 0.1) is 5.70 Å². The van der Waals surface area contributed by atoms with Crippen LogP contribution >= 0.6 is 0 Å². The minimum absolute atomic E-state index is 0.0528. The summed E-state index contributed by atoms with van der Waals surface area (Å²) in [5.41, 5.74) is 9.30. The molecule has 2 amide bonds. The van der Waals surface area contributed by atoms with E-state index in [4.69, 9.17) is 16.6 Å². The van der Waals surface area contributed by atoms with Gasteiger partial charge in [-0.2, -0.15) is 5.10 Å². The van der Waals surface area contributed by atoms with Gasteiger partial charge in [0.2, 0.25) is 0 Å². The third kappa shape index (κ3) is 4.15. The first-order chi connectivity index (χ1) is 12.7. The van der Waals surface area contributed by atoms with Crippen molar-refractivity contribution in [2.24, 2.45) is 17.4 Å². The molecular weight excluding hydrogens is 356 g/mol. The molecule has 0 aromatic carbocycles. The molecule has 1 saturated heterocycles. The normalized spacial score (nSPS) is 24.6. The van der Waals surface area contributed by atoms with E-state index in [2.05, 4.69) is 15.5 Å². The van der Waals surface area contributed by atoms with E-state index in [0.29, 0.717) is 13.1 Å². The Morgan fingerprint density at radius 1 is 1.33 bits per heavy atom. The number of carbonyl (C=O) groups excluding carboxylic acids is 1. The van der Waals surface area contributed by atoms with Gasteiger partial charge >= 0.3 is 18.0 Å². The van der Waals surface area contributed by atoms with Crippen molar-refractivity contribution in [3.05, 3.63) is 41.9 Å². The molecule has 8 N–H and O–H groups in total. The van der Waals surface area contributed by atoms with E-state index >= 15 is 0 Å². The second-order valence-electron chi connectivity index (χ2n) is 6.26. The topological polar surface area (TPSA) is 188 Å². The molecule has 1 aliphatic carbocycles. The lowest BCUT2D eigenvalue weighted by molar-refractivity contribution is -0.143. The average molecular weight is 378 g/mol. The Morgan fingerprint density at radius 3 is 2.41 bits per heavy atom. The maximum Gasteiger partial charge on any atom is 0.331 e. The van der Waals surface area contributed by atoms with E-state index in [9.17, 15) is 19.5 Å². The van der Waals surface area contributed by atoms with Crippen LogP contribution in [-0.4, -0.2) is 68.0 Å². The number of carboxylic acid groups (broad SMARTS) is 2. The van der Waals surface area contributed by atoms with Crippen LogP contribution in [0.5, 0.6) is 0 Å². The van der Waals surface area contributed by atoms with Crippen molar-refractivity contribution in [2.75, 3.05) is 13.1 Å². The molecule has 0 bridgehead atoms. The van der Waals surface area contributed by atoms with Crippen LogP contribution in [0.4, 0.5) is 4.79 Å². The van der Waals surface area contributed by atoms with Gasteiger partial charge in [-0.25, -0.2) is 14.4 Å². The summed E-state index contributed by atoms with van der Waals surface area (Å²) in [4.78, 5) is 36.1. The van der Waals surface area contributed by atoms with Gasteiger partial charge in [-0.05, 0) is 18.2 Å². The summed E-state index contributed by atoms with van der Waals surface area (Å²) in [6, 6.07) is 1.23. The summed E-state index contributed by atoms with van der Waals surface area (Å²) in [6.07, 6.45) is 5.92. The average Bonchev–Trinajstić information content (AvgIpc) is 3.15. The molecule has 0 radical (unpaired) electrons. The van der Waals surface area contributed by atoms with Gasteiger partial charge in [-0.1, -0.05) is 6.92 Å². The monoisotopic (exact) mass is 378 g/mol. The van der Waals surface area contributed by atoms with Crippen LogP contribution in [0.2, 0.25) is 0 Å². The van der Waals surface area contributed by atoms with Crippen molar-refractivity contribution >= 4 is 18.0 Å². The number of hydrogen-bond acceptors (Lipinski definition) is 6. The van der Waals surface area contributed by atoms with Gasteiger partial charge in [0.15, 0.2) is 5.54 Å². The maximum atomic E-state index is 12.0. The largest absolute Gasteiger partial charge is 0.480 e. The number of rotatable bonds is 3. The number of likely N-dealkylation sites (tertiary alicyclic amines) is 1. The van der Waals surface area contributed by atoms with Crippen LogP contribution in [-0.2, 0) is 9.59 Å². The van der Waals surface area contributed by atoms with Gasteiger partial charge in [-0.15, -0.1) is 0 Å². The molecule has 2 aliphatic rings. The molecule has 1 aromatic rings. The summed E-state index contributed by atoms with van der Waals surface area (Å²) in [5, 5.41) is 27.2. The Labute approximate surface area is 154 Å². The number of nitrogens with one attached hydrogen (secondary N) is 2. The molecule has 27 heavy (non-hydrogen) atoms. The van der Waals surface area contributed by atoms with Crippen LogP contribution in [0, 0.1) is 5.92 Å². The third-order valence-corrected chi connectivity index (χ3v) is 4.47. The molecule has 2 heterocycles. The van der Waals surface area contributed by atoms with Crippen molar-refractivity contribution in [3.8, 4) is 0 Å². The fourth-order valence-electron chi connectivity index (χ4n) is 2.72. The number of urea groups is 1.